The fraction of sp³-hybridized carbons (Fsp3) is 0.909. The molecule has 0 aliphatic heterocycles. The van der Waals surface area contributed by atoms with Crippen LogP contribution in [0.1, 0.15) is 46.0 Å². The van der Waals surface area contributed by atoms with Crippen molar-refractivity contribution < 1.29 is 9.90 Å². The molecule has 0 aromatic carbocycles. The van der Waals surface area contributed by atoms with Crippen molar-refractivity contribution in [1.82, 2.24) is 4.90 Å². The second-order valence-corrected chi connectivity index (χ2v) is 3.69. The minimum atomic E-state index is -0.692. The Hall–Kier alpha value is 0.430. The van der Waals surface area contributed by atoms with Crippen LogP contribution in [-0.2, 0) is 4.79 Å². The molecule has 0 spiro atoms. The SMILES string of the molecule is CCCCN(CCCC)CCC(=O)O.[Na]. The molecule has 3 nitrogen and oxygen atoms in total. The van der Waals surface area contributed by atoms with Crippen LogP contribution in [0, 0.1) is 0 Å². The van der Waals surface area contributed by atoms with Crippen molar-refractivity contribution in [2.24, 2.45) is 0 Å². The molecule has 85 valence electrons. The zero-order valence-electron chi connectivity index (χ0n) is 10.5. The number of aliphatic carboxylic acids is 1. The molecule has 1 N–H and O–H groups in total. The predicted octanol–water partition coefficient (Wildman–Crippen LogP) is 1.98. The van der Waals surface area contributed by atoms with Crippen LogP contribution in [0.5, 0.6) is 0 Å². The Morgan fingerprint density at radius 2 is 1.53 bits per heavy atom. The summed E-state index contributed by atoms with van der Waals surface area (Å²) >= 11 is 0. The van der Waals surface area contributed by atoms with E-state index in [1.165, 1.54) is 25.7 Å². The smallest absolute Gasteiger partial charge is 0.304 e. The van der Waals surface area contributed by atoms with Crippen LogP contribution in [0.15, 0.2) is 0 Å². The maximum absolute atomic E-state index is 10.4. The molecule has 0 aliphatic carbocycles. The van der Waals surface area contributed by atoms with Gasteiger partial charge in [0.2, 0.25) is 0 Å². The van der Waals surface area contributed by atoms with Gasteiger partial charge in [0.1, 0.15) is 0 Å². The van der Waals surface area contributed by atoms with E-state index in [-0.39, 0.29) is 36.0 Å². The summed E-state index contributed by atoms with van der Waals surface area (Å²) in [7, 11) is 0. The third kappa shape index (κ3) is 12.4. The van der Waals surface area contributed by atoms with Crippen LogP contribution in [0.2, 0.25) is 0 Å². The van der Waals surface area contributed by atoms with E-state index in [2.05, 4.69) is 18.7 Å². The van der Waals surface area contributed by atoms with Gasteiger partial charge >= 0.3 is 5.97 Å². The Kier molecular flexibility index (Phi) is 14.8. The zero-order chi connectivity index (χ0) is 10.8. The summed E-state index contributed by atoms with van der Waals surface area (Å²) in [5.74, 6) is -0.692. The summed E-state index contributed by atoms with van der Waals surface area (Å²) in [6.45, 7) is 7.12. The van der Waals surface area contributed by atoms with Gasteiger partial charge < -0.3 is 10.0 Å². The van der Waals surface area contributed by atoms with E-state index in [1.807, 2.05) is 0 Å². The first-order valence-electron chi connectivity index (χ1n) is 5.64. The molecule has 0 aromatic heterocycles. The van der Waals surface area contributed by atoms with Crippen LogP contribution < -0.4 is 0 Å². The largest absolute Gasteiger partial charge is 0.481 e. The number of carboxylic acids is 1. The van der Waals surface area contributed by atoms with Crippen LogP contribution in [0.4, 0.5) is 0 Å². The van der Waals surface area contributed by atoms with Crippen molar-refractivity contribution in [2.75, 3.05) is 19.6 Å². The molecule has 0 fully saturated rings. The fourth-order valence-electron chi connectivity index (χ4n) is 1.35. The van der Waals surface area contributed by atoms with Crippen LogP contribution in [-0.4, -0.2) is 65.2 Å². The maximum atomic E-state index is 10.4. The first-order chi connectivity index (χ1) is 6.70. The zero-order valence-corrected chi connectivity index (χ0v) is 12.5. The van der Waals surface area contributed by atoms with Gasteiger partial charge in [0.15, 0.2) is 0 Å². The molecule has 4 heteroatoms. The molecule has 0 saturated heterocycles. The van der Waals surface area contributed by atoms with E-state index in [4.69, 9.17) is 5.11 Å². The van der Waals surface area contributed by atoms with Gasteiger partial charge in [-0.3, -0.25) is 4.79 Å². The van der Waals surface area contributed by atoms with Gasteiger partial charge in [-0.25, -0.2) is 0 Å². The van der Waals surface area contributed by atoms with E-state index >= 15 is 0 Å². The van der Waals surface area contributed by atoms with Crippen molar-refractivity contribution in [3.63, 3.8) is 0 Å². The van der Waals surface area contributed by atoms with E-state index in [0.29, 0.717) is 6.54 Å². The number of nitrogens with zero attached hydrogens (tertiary/aromatic N) is 1. The predicted molar refractivity (Wildman–Crippen MR) is 64.3 cm³/mol. The maximum Gasteiger partial charge on any atom is 0.304 e. The molecular formula is C11H23NNaO2. The van der Waals surface area contributed by atoms with E-state index in [0.717, 1.165) is 13.1 Å². The van der Waals surface area contributed by atoms with Crippen LogP contribution in [0.3, 0.4) is 0 Å². The third-order valence-corrected chi connectivity index (χ3v) is 2.30. The summed E-state index contributed by atoms with van der Waals surface area (Å²) < 4.78 is 0. The Morgan fingerprint density at radius 1 is 1.07 bits per heavy atom. The fourth-order valence-corrected chi connectivity index (χ4v) is 1.35. The monoisotopic (exact) mass is 224 g/mol. The molecule has 15 heavy (non-hydrogen) atoms. The van der Waals surface area contributed by atoms with E-state index < -0.39 is 5.97 Å². The molecule has 0 amide bonds. The molecule has 0 saturated carbocycles. The van der Waals surface area contributed by atoms with Gasteiger partial charge in [0.05, 0.1) is 6.42 Å². The first-order valence-corrected chi connectivity index (χ1v) is 5.64. The summed E-state index contributed by atoms with van der Waals surface area (Å²) in [5, 5.41) is 8.59. The summed E-state index contributed by atoms with van der Waals surface area (Å²) in [6.07, 6.45) is 4.96. The van der Waals surface area contributed by atoms with E-state index in [1.54, 1.807) is 0 Å². The van der Waals surface area contributed by atoms with Crippen molar-refractivity contribution >= 4 is 35.5 Å². The van der Waals surface area contributed by atoms with Crippen LogP contribution in [0.25, 0.3) is 0 Å². The quantitative estimate of drug-likeness (QED) is 0.609. The average molecular weight is 224 g/mol. The molecular weight excluding hydrogens is 201 g/mol. The number of carboxylic acid groups (broad SMARTS) is 1. The van der Waals surface area contributed by atoms with E-state index in [9.17, 15) is 4.79 Å². The van der Waals surface area contributed by atoms with Gasteiger partial charge in [-0.05, 0) is 25.9 Å². The molecule has 0 rings (SSSR count). The van der Waals surface area contributed by atoms with Gasteiger partial charge in [-0.2, -0.15) is 0 Å². The Labute approximate surface area is 116 Å². The third-order valence-electron chi connectivity index (χ3n) is 2.30. The summed E-state index contributed by atoms with van der Waals surface area (Å²) in [6, 6.07) is 0. The van der Waals surface area contributed by atoms with Crippen molar-refractivity contribution in [3.05, 3.63) is 0 Å². The topological polar surface area (TPSA) is 40.5 Å². The number of hydrogen-bond acceptors (Lipinski definition) is 2. The van der Waals surface area contributed by atoms with Crippen molar-refractivity contribution in [3.8, 4) is 0 Å². The molecule has 0 atom stereocenters. The van der Waals surface area contributed by atoms with Gasteiger partial charge in [0.25, 0.3) is 0 Å². The van der Waals surface area contributed by atoms with Gasteiger partial charge in [-0.15, -0.1) is 0 Å². The molecule has 1 radical (unpaired) electrons. The Bertz CT molecular complexity index is 146. The minimum Gasteiger partial charge on any atom is -0.481 e. The number of rotatable bonds is 9. The Balaban J connectivity index is 0. The van der Waals surface area contributed by atoms with Crippen LogP contribution >= 0.6 is 0 Å². The molecule has 0 unspecified atom stereocenters. The van der Waals surface area contributed by atoms with Gasteiger partial charge in [0, 0.05) is 36.1 Å². The first kappa shape index (κ1) is 17.8. The summed E-state index contributed by atoms with van der Waals surface area (Å²) in [5.41, 5.74) is 0. The standard InChI is InChI=1S/C11H23NO2.Na/c1-3-5-8-12(9-6-4-2)10-7-11(13)14;/h3-10H2,1-2H3,(H,13,14);. The van der Waals surface area contributed by atoms with Gasteiger partial charge in [-0.1, -0.05) is 26.7 Å². The second-order valence-electron chi connectivity index (χ2n) is 3.69. The average Bonchev–Trinajstić information content (AvgIpc) is 2.16. The minimum absolute atomic E-state index is 0. The summed E-state index contributed by atoms with van der Waals surface area (Å²) in [4.78, 5) is 12.7. The molecule has 0 aliphatic rings. The van der Waals surface area contributed by atoms with Crippen molar-refractivity contribution in [2.45, 2.75) is 46.0 Å². The van der Waals surface area contributed by atoms with Crippen molar-refractivity contribution in [1.29, 1.82) is 0 Å². The number of unbranched alkanes of at least 4 members (excludes halogenated alkanes) is 2. The Morgan fingerprint density at radius 3 is 1.87 bits per heavy atom. The molecule has 0 bridgehead atoms. The molecule has 0 heterocycles. The number of carbonyl (C=O) groups is 1. The number of hydrogen-bond donors (Lipinski definition) is 1. The normalized spacial score (nSPS) is 10.1. The second kappa shape index (κ2) is 12.5. The molecule has 0 aromatic rings.